The van der Waals surface area contributed by atoms with E-state index >= 15 is 0 Å². The summed E-state index contributed by atoms with van der Waals surface area (Å²) in [5.74, 6) is -0.968. The van der Waals surface area contributed by atoms with Crippen LogP contribution < -0.4 is 0 Å². The van der Waals surface area contributed by atoms with Gasteiger partial charge in [0.25, 0.3) is 0 Å². The van der Waals surface area contributed by atoms with Gasteiger partial charge in [-0.2, -0.15) is 0 Å². The zero-order chi connectivity index (χ0) is 34.6. The van der Waals surface area contributed by atoms with E-state index in [2.05, 4.69) is 105 Å². The first-order valence-corrected chi connectivity index (χ1v) is 18.3. The number of rotatable bonds is 6. The fourth-order valence-electron chi connectivity index (χ4n) is 8.85. The quantitative estimate of drug-likeness (QED) is 0.179. The summed E-state index contributed by atoms with van der Waals surface area (Å²) in [6.07, 6.45) is 20.0. The second-order valence-electron chi connectivity index (χ2n) is 17.7. The largest absolute Gasteiger partial charge is 0.387 e. The molecule has 3 heteroatoms. The Morgan fingerprint density at radius 1 is 0.625 bits per heavy atom. The molecule has 2 atom stereocenters. The van der Waals surface area contributed by atoms with Gasteiger partial charge in [0, 0.05) is 24.0 Å². The van der Waals surface area contributed by atoms with Crippen molar-refractivity contribution in [3.05, 3.63) is 106 Å². The number of benzene rings is 2. The summed E-state index contributed by atoms with van der Waals surface area (Å²) in [6.45, 7) is 21.1. The summed E-state index contributed by atoms with van der Waals surface area (Å²) in [6, 6.07) is 11.8. The molecule has 0 saturated heterocycles. The highest BCUT2D eigenvalue weighted by Gasteiger charge is 2.39. The first kappa shape index (κ1) is 34.4. The number of hydrogen-bond acceptors (Lipinski definition) is 3. The molecule has 0 radical (unpaired) electrons. The van der Waals surface area contributed by atoms with Gasteiger partial charge >= 0.3 is 11.9 Å². The zero-order valence-corrected chi connectivity index (χ0v) is 30.9. The van der Waals surface area contributed by atoms with Crippen molar-refractivity contribution in [2.24, 2.45) is 11.8 Å². The summed E-state index contributed by atoms with van der Waals surface area (Å²) >= 11 is 0. The smallest absolute Gasteiger partial charge is 0.338 e. The highest BCUT2D eigenvalue weighted by Crippen LogP contribution is 2.49. The molecule has 0 saturated carbocycles. The Hall–Kier alpha value is -3.46. The molecule has 2 aromatic rings. The normalized spacial score (nSPS) is 25.0. The van der Waals surface area contributed by atoms with Crippen LogP contribution in [0, 0.1) is 18.8 Å². The molecule has 4 aliphatic rings. The van der Waals surface area contributed by atoms with Crippen LogP contribution in [0.2, 0.25) is 0 Å². The molecule has 0 fully saturated rings. The van der Waals surface area contributed by atoms with Gasteiger partial charge in [0.2, 0.25) is 0 Å². The molecule has 0 bridgehead atoms. The molecular formula is C45H56O3. The van der Waals surface area contributed by atoms with Crippen molar-refractivity contribution >= 4 is 23.1 Å². The maximum Gasteiger partial charge on any atom is 0.338 e. The molecule has 4 aliphatic carbocycles. The predicted molar refractivity (Wildman–Crippen MR) is 199 cm³/mol. The molecule has 0 heterocycles. The predicted octanol–water partition coefficient (Wildman–Crippen LogP) is 11.2. The van der Waals surface area contributed by atoms with Crippen molar-refractivity contribution in [2.45, 2.75) is 135 Å². The summed E-state index contributed by atoms with van der Waals surface area (Å²) in [5.41, 5.74) is 12.8. The fraction of sp³-hybridized carbons (Fsp3) is 0.511. The van der Waals surface area contributed by atoms with Crippen molar-refractivity contribution < 1.29 is 14.3 Å². The molecule has 2 aromatic carbocycles. The second kappa shape index (κ2) is 12.5. The summed E-state index contributed by atoms with van der Waals surface area (Å²) in [7, 11) is 0. The minimum absolute atomic E-state index is 0.123. The van der Waals surface area contributed by atoms with Crippen LogP contribution in [-0.2, 0) is 36.0 Å². The van der Waals surface area contributed by atoms with Gasteiger partial charge in [0.1, 0.15) is 0 Å². The Labute approximate surface area is 289 Å². The van der Waals surface area contributed by atoms with Crippen LogP contribution in [0.1, 0.15) is 146 Å². The van der Waals surface area contributed by atoms with Crippen molar-refractivity contribution in [3.63, 3.8) is 0 Å². The lowest BCUT2D eigenvalue weighted by Crippen LogP contribution is -2.34. The molecule has 0 amide bonds. The second-order valence-corrected chi connectivity index (χ2v) is 17.7. The Kier molecular flexibility index (Phi) is 8.93. The number of carbonyl (C=O) groups is 2. The van der Waals surface area contributed by atoms with E-state index in [0.29, 0.717) is 0 Å². The minimum atomic E-state index is -0.609. The summed E-state index contributed by atoms with van der Waals surface area (Å²) in [4.78, 5) is 25.6. The van der Waals surface area contributed by atoms with E-state index in [1.165, 1.54) is 87.9 Å². The van der Waals surface area contributed by atoms with Crippen LogP contribution in [0.5, 0.6) is 0 Å². The zero-order valence-electron chi connectivity index (χ0n) is 30.9. The van der Waals surface area contributed by atoms with Crippen LogP contribution >= 0.6 is 0 Å². The van der Waals surface area contributed by atoms with Crippen molar-refractivity contribution in [1.29, 1.82) is 0 Å². The van der Waals surface area contributed by atoms with Crippen LogP contribution in [0.3, 0.4) is 0 Å². The number of fused-ring (bicyclic) bond motifs is 2. The maximum atomic E-state index is 12.8. The number of carbonyl (C=O) groups excluding carboxylic acids is 2. The standard InChI is InChI=1S/C45H56O3/c1-29-26-37-39(45(8,9)25-24-43(37,4)5)28-35(29)34-15-11-13-31(34)18-21-41(47)48-40(46)20-17-30-12-10-14-33(30)32-16-19-36-38(27-32)44(6,7)23-22-42(36,2)3/h14-21,26-28,30-31H,10-13,22-25H2,1-9H3. The number of ether oxygens (including phenoxy) is 1. The van der Waals surface area contributed by atoms with Gasteiger partial charge in [0.05, 0.1) is 0 Å². The Balaban J connectivity index is 1.11. The van der Waals surface area contributed by atoms with Crippen LogP contribution in [0.4, 0.5) is 0 Å². The molecule has 0 spiro atoms. The van der Waals surface area contributed by atoms with Crippen molar-refractivity contribution in [3.8, 4) is 0 Å². The van der Waals surface area contributed by atoms with E-state index < -0.39 is 11.9 Å². The fourth-order valence-corrected chi connectivity index (χ4v) is 8.85. The average Bonchev–Trinajstić information content (AvgIpc) is 3.69. The molecular weight excluding hydrogens is 588 g/mol. The van der Waals surface area contributed by atoms with E-state index in [9.17, 15) is 9.59 Å². The Morgan fingerprint density at radius 3 is 1.65 bits per heavy atom. The Morgan fingerprint density at radius 2 is 1.08 bits per heavy atom. The third-order valence-electron chi connectivity index (χ3n) is 12.3. The third kappa shape index (κ3) is 6.59. The molecule has 48 heavy (non-hydrogen) atoms. The average molecular weight is 645 g/mol. The number of allylic oxidation sites excluding steroid dienone is 6. The van der Waals surface area contributed by atoms with Gasteiger partial charge in [0.15, 0.2) is 0 Å². The SMILES string of the molecule is Cc1cc2c(cc1C1=CCCC1C=CC(=O)OC(=O)C=CC1CCC=C1c1ccc3c(c1)C(C)(C)CCC3(C)C)C(C)(C)CCC2(C)C. The number of esters is 2. The third-order valence-corrected chi connectivity index (χ3v) is 12.3. The molecule has 3 nitrogen and oxygen atoms in total. The van der Waals surface area contributed by atoms with E-state index in [1.54, 1.807) is 0 Å². The summed E-state index contributed by atoms with van der Waals surface area (Å²) in [5, 5.41) is 0. The van der Waals surface area contributed by atoms with Crippen LogP contribution in [0.15, 0.2) is 66.8 Å². The molecule has 6 rings (SSSR count). The lowest BCUT2D eigenvalue weighted by Gasteiger charge is -2.42. The van der Waals surface area contributed by atoms with E-state index in [0.717, 1.165) is 25.7 Å². The van der Waals surface area contributed by atoms with E-state index in [4.69, 9.17) is 4.74 Å². The van der Waals surface area contributed by atoms with Gasteiger partial charge < -0.3 is 4.74 Å². The highest BCUT2D eigenvalue weighted by atomic mass is 16.6. The molecule has 0 N–H and O–H groups in total. The molecule has 0 aromatic heterocycles. The number of hydrogen-bond donors (Lipinski definition) is 0. The van der Waals surface area contributed by atoms with Gasteiger partial charge in [-0.3, -0.25) is 0 Å². The van der Waals surface area contributed by atoms with Crippen LogP contribution in [0.25, 0.3) is 11.1 Å². The lowest BCUT2D eigenvalue weighted by atomic mass is 9.62. The molecule has 0 aliphatic heterocycles. The monoisotopic (exact) mass is 644 g/mol. The minimum Gasteiger partial charge on any atom is -0.387 e. The van der Waals surface area contributed by atoms with Gasteiger partial charge in [-0.25, -0.2) is 9.59 Å². The molecule has 2 unspecified atom stereocenters. The number of aryl methyl sites for hydroxylation is 1. The topological polar surface area (TPSA) is 43.4 Å². The van der Waals surface area contributed by atoms with Crippen molar-refractivity contribution in [2.75, 3.05) is 0 Å². The molecule has 254 valence electrons. The summed E-state index contributed by atoms with van der Waals surface area (Å²) < 4.78 is 5.23. The van der Waals surface area contributed by atoms with Crippen LogP contribution in [-0.4, -0.2) is 11.9 Å². The first-order chi connectivity index (χ1) is 22.5. The highest BCUT2D eigenvalue weighted by molar-refractivity contribution is 5.96. The lowest BCUT2D eigenvalue weighted by molar-refractivity contribution is -0.152. The first-order valence-electron chi connectivity index (χ1n) is 18.3. The van der Waals surface area contributed by atoms with Gasteiger partial charge in [-0.15, -0.1) is 0 Å². The van der Waals surface area contributed by atoms with Gasteiger partial charge in [-0.1, -0.05) is 110 Å². The van der Waals surface area contributed by atoms with Crippen molar-refractivity contribution in [1.82, 2.24) is 0 Å². The Bertz CT molecular complexity index is 1750. The van der Waals surface area contributed by atoms with E-state index in [-0.39, 0.29) is 33.5 Å². The maximum absolute atomic E-state index is 12.8. The van der Waals surface area contributed by atoms with Gasteiger partial charge in [-0.05, 0) is 130 Å². The van der Waals surface area contributed by atoms with E-state index in [1.807, 2.05) is 12.2 Å².